The van der Waals surface area contributed by atoms with Gasteiger partial charge in [-0.15, -0.1) is 0 Å². The molecule has 2 aliphatic carbocycles. The third-order valence-electron chi connectivity index (χ3n) is 4.67. The van der Waals surface area contributed by atoms with Crippen LogP contribution in [0.1, 0.15) is 12.0 Å². The predicted molar refractivity (Wildman–Crippen MR) is 78.3 cm³/mol. The molecule has 1 fully saturated rings. The molecule has 1 aromatic carbocycles. The van der Waals surface area contributed by atoms with Gasteiger partial charge in [-0.05, 0) is 23.8 Å². The molecular formula is C17H19NO3. The molecule has 1 N–H and O–H groups in total. The molecular weight excluding hydrogens is 266 g/mol. The number of nitrogens with zero attached hydrogens (tertiary/aromatic N) is 1. The normalized spacial score (nSPS) is 29.6. The lowest BCUT2D eigenvalue weighted by Gasteiger charge is -2.28. The largest absolute Gasteiger partial charge is 0.481 e. The Labute approximate surface area is 124 Å². The van der Waals surface area contributed by atoms with Crippen LogP contribution in [0.15, 0.2) is 42.5 Å². The summed E-state index contributed by atoms with van der Waals surface area (Å²) >= 11 is 0. The van der Waals surface area contributed by atoms with Gasteiger partial charge in [0.15, 0.2) is 0 Å². The Morgan fingerprint density at radius 2 is 1.76 bits per heavy atom. The van der Waals surface area contributed by atoms with E-state index < -0.39 is 17.8 Å². The van der Waals surface area contributed by atoms with Crippen LogP contribution in [-0.2, 0) is 16.1 Å². The van der Waals surface area contributed by atoms with Crippen molar-refractivity contribution in [3.63, 3.8) is 0 Å². The highest BCUT2D eigenvalue weighted by molar-refractivity contribution is 5.86. The Morgan fingerprint density at radius 3 is 2.38 bits per heavy atom. The van der Waals surface area contributed by atoms with Crippen molar-refractivity contribution < 1.29 is 14.7 Å². The minimum Gasteiger partial charge on any atom is -0.481 e. The van der Waals surface area contributed by atoms with Crippen LogP contribution in [0.3, 0.4) is 0 Å². The highest BCUT2D eigenvalue weighted by Crippen LogP contribution is 2.48. The predicted octanol–water partition coefficient (Wildman–Crippen LogP) is 2.17. The van der Waals surface area contributed by atoms with Crippen molar-refractivity contribution in [2.24, 2.45) is 23.7 Å². The second kappa shape index (κ2) is 5.35. The van der Waals surface area contributed by atoms with Crippen LogP contribution in [0, 0.1) is 23.7 Å². The minimum absolute atomic E-state index is 0.0200. The Bertz CT molecular complexity index is 581. The van der Waals surface area contributed by atoms with Crippen LogP contribution in [0.2, 0.25) is 0 Å². The van der Waals surface area contributed by atoms with Crippen LogP contribution < -0.4 is 0 Å². The molecule has 0 unspecified atom stereocenters. The summed E-state index contributed by atoms with van der Waals surface area (Å²) in [5, 5.41) is 9.42. The van der Waals surface area contributed by atoms with Crippen LogP contribution in [0.25, 0.3) is 0 Å². The molecule has 0 saturated heterocycles. The van der Waals surface area contributed by atoms with Gasteiger partial charge in [-0.3, -0.25) is 9.59 Å². The van der Waals surface area contributed by atoms with Gasteiger partial charge >= 0.3 is 5.97 Å². The van der Waals surface area contributed by atoms with Crippen LogP contribution >= 0.6 is 0 Å². The Kier molecular flexibility index (Phi) is 3.53. The number of hydrogen-bond acceptors (Lipinski definition) is 2. The molecule has 110 valence electrons. The average molecular weight is 285 g/mol. The molecule has 0 aromatic heterocycles. The fraction of sp³-hybridized carbons (Fsp3) is 0.412. The fourth-order valence-electron chi connectivity index (χ4n) is 3.69. The van der Waals surface area contributed by atoms with Crippen molar-refractivity contribution >= 4 is 11.9 Å². The maximum absolute atomic E-state index is 12.7. The lowest BCUT2D eigenvalue weighted by atomic mass is 9.82. The number of carboxylic acids is 1. The van der Waals surface area contributed by atoms with Gasteiger partial charge in [-0.2, -0.15) is 0 Å². The van der Waals surface area contributed by atoms with E-state index in [1.54, 1.807) is 11.9 Å². The smallest absolute Gasteiger partial charge is 0.307 e. The van der Waals surface area contributed by atoms with E-state index in [0.29, 0.717) is 6.54 Å². The van der Waals surface area contributed by atoms with Gasteiger partial charge in [0.05, 0.1) is 11.8 Å². The van der Waals surface area contributed by atoms with E-state index >= 15 is 0 Å². The Hall–Kier alpha value is -2.10. The molecule has 4 nitrogen and oxygen atoms in total. The van der Waals surface area contributed by atoms with Crippen molar-refractivity contribution in [3.8, 4) is 0 Å². The van der Waals surface area contributed by atoms with Crippen molar-refractivity contribution in [2.45, 2.75) is 13.0 Å². The van der Waals surface area contributed by atoms with E-state index in [2.05, 4.69) is 0 Å². The highest BCUT2D eigenvalue weighted by atomic mass is 16.4. The molecule has 1 saturated carbocycles. The first-order valence-electron chi connectivity index (χ1n) is 7.28. The van der Waals surface area contributed by atoms with Crippen molar-refractivity contribution in [1.82, 2.24) is 4.90 Å². The summed E-state index contributed by atoms with van der Waals surface area (Å²) in [5.74, 6) is -1.77. The minimum atomic E-state index is -0.849. The van der Waals surface area contributed by atoms with E-state index in [0.717, 1.165) is 12.0 Å². The Morgan fingerprint density at radius 1 is 1.14 bits per heavy atom. The average Bonchev–Trinajstić information content (AvgIpc) is 3.08. The van der Waals surface area contributed by atoms with E-state index in [1.807, 2.05) is 42.5 Å². The molecule has 0 heterocycles. The molecule has 21 heavy (non-hydrogen) atoms. The number of carbonyl (C=O) groups is 2. The van der Waals surface area contributed by atoms with Crippen LogP contribution in [-0.4, -0.2) is 28.9 Å². The third-order valence-corrected chi connectivity index (χ3v) is 4.67. The lowest BCUT2D eigenvalue weighted by Crippen LogP contribution is -2.40. The first-order valence-corrected chi connectivity index (χ1v) is 7.28. The molecule has 0 radical (unpaired) electrons. The maximum atomic E-state index is 12.7. The van der Waals surface area contributed by atoms with Crippen molar-refractivity contribution in [2.75, 3.05) is 7.05 Å². The number of carbonyl (C=O) groups excluding carboxylic acids is 1. The molecule has 4 atom stereocenters. The summed E-state index contributed by atoms with van der Waals surface area (Å²) in [4.78, 5) is 25.8. The van der Waals surface area contributed by atoms with Gasteiger partial charge in [0, 0.05) is 13.6 Å². The zero-order valence-electron chi connectivity index (χ0n) is 12.0. The van der Waals surface area contributed by atoms with Gasteiger partial charge < -0.3 is 10.0 Å². The second-order valence-electron chi connectivity index (χ2n) is 6.02. The monoisotopic (exact) mass is 285 g/mol. The van der Waals surface area contributed by atoms with Gasteiger partial charge in [0.2, 0.25) is 5.91 Å². The summed E-state index contributed by atoms with van der Waals surface area (Å²) in [6, 6.07) is 9.76. The van der Waals surface area contributed by atoms with Crippen LogP contribution in [0.4, 0.5) is 0 Å². The first-order chi connectivity index (χ1) is 10.1. The number of allylic oxidation sites excluding steroid dienone is 2. The summed E-state index contributed by atoms with van der Waals surface area (Å²) in [6.07, 6.45) is 4.78. The standard InChI is InChI=1S/C17H19NO3/c1-18(10-11-5-3-2-4-6-11)16(19)14-12-7-8-13(9-12)15(14)17(20)21/h2-8,12-15H,9-10H2,1H3,(H,20,21)/t12-,13-,14-,15+/m0/s1. The maximum Gasteiger partial charge on any atom is 0.307 e. The fourth-order valence-corrected chi connectivity index (χ4v) is 3.69. The molecule has 2 aliphatic rings. The molecule has 3 rings (SSSR count). The van der Waals surface area contributed by atoms with E-state index in [9.17, 15) is 14.7 Å². The van der Waals surface area contributed by atoms with Gasteiger partial charge in [-0.1, -0.05) is 42.5 Å². The van der Waals surface area contributed by atoms with Gasteiger partial charge in [0.25, 0.3) is 0 Å². The Balaban J connectivity index is 1.75. The molecule has 1 amide bonds. The van der Waals surface area contributed by atoms with E-state index in [4.69, 9.17) is 0 Å². The third kappa shape index (κ3) is 2.46. The summed E-state index contributed by atoms with van der Waals surface area (Å²) < 4.78 is 0. The molecule has 1 aromatic rings. The van der Waals surface area contributed by atoms with Crippen molar-refractivity contribution in [3.05, 3.63) is 48.0 Å². The highest BCUT2D eigenvalue weighted by Gasteiger charge is 2.52. The van der Waals surface area contributed by atoms with Gasteiger partial charge in [0.1, 0.15) is 0 Å². The van der Waals surface area contributed by atoms with E-state index in [-0.39, 0.29) is 17.7 Å². The first kappa shape index (κ1) is 13.9. The topological polar surface area (TPSA) is 57.6 Å². The molecule has 0 aliphatic heterocycles. The number of hydrogen-bond donors (Lipinski definition) is 1. The molecule has 0 spiro atoms. The quantitative estimate of drug-likeness (QED) is 0.863. The number of benzene rings is 1. The summed E-state index contributed by atoms with van der Waals surface area (Å²) in [5.41, 5.74) is 1.05. The van der Waals surface area contributed by atoms with Gasteiger partial charge in [-0.25, -0.2) is 0 Å². The number of fused-ring (bicyclic) bond motifs is 2. The number of amides is 1. The van der Waals surface area contributed by atoms with Crippen LogP contribution in [0.5, 0.6) is 0 Å². The summed E-state index contributed by atoms with van der Waals surface area (Å²) in [6.45, 7) is 0.517. The van der Waals surface area contributed by atoms with Crippen molar-refractivity contribution in [1.29, 1.82) is 0 Å². The molecule has 4 heteroatoms. The zero-order chi connectivity index (χ0) is 15.0. The lowest BCUT2D eigenvalue weighted by molar-refractivity contribution is -0.150. The molecule has 2 bridgehead atoms. The number of rotatable bonds is 4. The SMILES string of the molecule is CN(Cc1ccccc1)C(=O)[C@@H]1[C@H](C(=O)O)[C@H]2C=C[C@H]1C2. The van der Waals surface area contributed by atoms with E-state index in [1.165, 1.54) is 0 Å². The number of carboxylic acid groups (broad SMARTS) is 1. The summed E-state index contributed by atoms with van der Waals surface area (Å²) in [7, 11) is 1.75. The number of aliphatic carboxylic acids is 1. The second-order valence-corrected chi connectivity index (χ2v) is 6.02. The zero-order valence-corrected chi connectivity index (χ0v) is 12.0.